The summed E-state index contributed by atoms with van der Waals surface area (Å²) in [6.45, 7) is 2.93. The van der Waals surface area contributed by atoms with Crippen LogP contribution in [0.25, 0.3) is 10.9 Å². The van der Waals surface area contributed by atoms with Gasteiger partial charge >= 0.3 is 0 Å². The molecule has 0 bridgehead atoms. The lowest BCUT2D eigenvalue weighted by atomic mass is 10.1. The van der Waals surface area contributed by atoms with Gasteiger partial charge in [0, 0.05) is 49.5 Å². The number of anilines is 2. The summed E-state index contributed by atoms with van der Waals surface area (Å²) in [6, 6.07) is 16.0. The van der Waals surface area contributed by atoms with Gasteiger partial charge in [-0.05, 0) is 47.7 Å². The van der Waals surface area contributed by atoms with E-state index in [9.17, 15) is 9.59 Å². The Balaban J connectivity index is 1.40. The standard InChI is InChI=1S/C21H21N3O2/c1-15(25)24-13-9-17-14-18(6-7-20(17)24)22-21(26)10-12-23-11-8-16-4-2-3-5-19(16)23/h2-8,11,14H,9-10,12-13H2,1H3,(H,22,26). The van der Waals surface area contributed by atoms with Crippen molar-refractivity contribution in [3.05, 3.63) is 60.3 Å². The third kappa shape index (κ3) is 3.08. The number of nitrogens with zero attached hydrogens (tertiary/aromatic N) is 2. The van der Waals surface area contributed by atoms with Gasteiger partial charge in [0.2, 0.25) is 11.8 Å². The van der Waals surface area contributed by atoms with Crippen LogP contribution in [0.5, 0.6) is 0 Å². The number of hydrogen-bond donors (Lipinski definition) is 1. The SMILES string of the molecule is CC(=O)N1CCc2cc(NC(=O)CCn3ccc4ccccc43)ccc21. The van der Waals surface area contributed by atoms with Crippen molar-refractivity contribution in [2.45, 2.75) is 26.3 Å². The molecule has 1 aliphatic heterocycles. The van der Waals surface area contributed by atoms with Gasteiger partial charge in [0.1, 0.15) is 0 Å². The number of aromatic nitrogens is 1. The number of fused-ring (bicyclic) bond motifs is 2. The number of rotatable bonds is 4. The molecule has 0 unspecified atom stereocenters. The van der Waals surface area contributed by atoms with Gasteiger partial charge in [-0.15, -0.1) is 0 Å². The maximum Gasteiger partial charge on any atom is 0.226 e. The molecule has 0 saturated carbocycles. The van der Waals surface area contributed by atoms with Gasteiger partial charge in [0.05, 0.1) is 0 Å². The van der Waals surface area contributed by atoms with Crippen LogP contribution in [0.1, 0.15) is 18.9 Å². The van der Waals surface area contributed by atoms with Crippen LogP contribution in [0.2, 0.25) is 0 Å². The number of benzene rings is 2. The van der Waals surface area contributed by atoms with E-state index in [0.29, 0.717) is 19.5 Å². The highest BCUT2D eigenvalue weighted by atomic mass is 16.2. The zero-order chi connectivity index (χ0) is 18.1. The Morgan fingerprint density at radius 3 is 2.81 bits per heavy atom. The van der Waals surface area contributed by atoms with E-state index in [-0.39, 0.29) is 11.8 Å². The van der Waals surface area contributed by atoms with E-state index in [0.717, 1.165) is 28.9 Å². The van der Waals surface area contributed by atoms with Gasteiger partial charge in [-0.1, -0.05) is 18.2 Å². The molecule has 3 aromatic rings. The molecule has 0 aliphatic carbocycles. The van der Waals surface area contributed by atoms with Crippen LogP contribution in [-0.4, -0.2) is 22.9 Å². The second-order valence-electron chi connectivity index (χ2n) is 6.63. The van der Waals surface area contributed by atoms with E-state index < -0.39 is 0 Å². The third-order valence-electron chi connectivity index (χ3n) is 4.90. The summed E-state index contributed by atoms with van der Waals surface area (Å²) in [7, 11) is 0. The zero-order valence-electron chi connectivity index (χ0n) is 14.7. The molecule has 132 valence electrons. The van der Waals surface area contributed by atoms with Crippen molar-refractivity contribution in [3.63, 3.8) is 0 Å². The molecule has 2 heterocycles. The number of hydrogen-bond acceptors (Lipinski definition) is 2. The highest BCUT2D eigenvalue weighted by molar-refractivity contribution is 5.95. The van der Waals surface area contributed by atoms with Crippen LogP contribution in [0.15, 0.2) is 54.7 Å². The van der Waals surface area contributed by atoms with E-state index in [1.165, 1.54) is 5.39 Å². The Hall–Kier alpha value is -3.08. The highest BCUT2D eigenvalue weighted by Gasteiger charge is 2.22. The quantitative estimate of drug-likeness (QED) is 0.784. The number of amides is 2. The molecule has 1 N–H and O–H groups in total. The van der Waals surface area contributed by atoms with Crippen LogP contribution in [0.3, 0.4) is 0 Å². The number of aryl methyl sites for hydroxylation is 1. The molecule has 5 nitrogen and oxygen atoms in total. The van der Waals surface area contributed by atoms with Crippen LogP contribution >= 0.6 is 0 Å². The summed E-state index contributed by atoms with van der Waals surface area (Å²) in [5.74, 6) is 0.0450. The molecule has 2 aromatic carbocycles. The van der Waals surface area contributed by atoms with Crippen molar-refractivity contribution in [3.8, 4) is 0 Å². The molecule has 0 atom stereocenters. The predicted octanol–water partition coefficient (Wildman–Crippen LogP) is 3.58. The number of nitrogens with one attached hydrogen (secondary N) is 1. The van der Waals surface area contributed by atoms with Crippen LogP contribution in [-0.2, 0) is 22.6 Å². The first-order chi connectivity index (χ1) is 12.6. The molecular weight excluding hydrogens is 326 g/mol. The van der Waals surface area contributed by atoms with E-state index in [1.807, 2.05) is 36.5 Å². The normalized spacial score (nSPS) is 13.0. The average Bonchev–Trinajstić information content (AvgIpc) is 3.23. The van der Waals surface area contributed by atoms with E-state index >= 15 is 0 Å². The van der Waals surface area contributed by atoms with Crippen molar-refractivity contribution in [1.29, 1.82) is 0 Å². The first-order valence-corrected chi connectivity index (χ1v) is 8.86. The second kappa shape index (κ2) is 6.67. The van der Waals surface area contributed by atoms with Gasteiger partial charge in [-0.2, -0.15) is 0 Å². The first kappa shape index (κ1) is 16.4. The van der Waals surface area contributed by atoms with Gasteiger partial charge < -0.3 is 14.8 Å². The van der Waals surface area contributed by atoms with E-state index in [2.05, 4.69) is 28.1 Å². The topological polar surface area (TPSA) is 54.3 Å². The molecule has 5 heteroatoms. The Labute approximate surface area is 152 Å². The summed E-state index contributed by atoms with van der Waals surface area (Å²) in [5, 5.41) is 4.15. The molecular formula is C21H21N3O2. The van der Waals surface area contributed by atoms with Crippen LogP contribution < -0.4 is 10.2 Å². The fraction of sp³-hybridized carbons (Fsp3) is 0.238. The van der Waals surface area contributed by atoms with Crippen LogP contribution in [0.4, 0.5) is 11.4 Å². The average molecular weight is 347 g/mol. The Kier molecular flexibility index (Phi) is 4.21. The van der Waals surface area contributed by atoms with Crippen molar-refractivity contribution in [2.75, 3.05) is 16.8 Å². The number of para-hydroxylation sites is 1. The molecule has 2 amide bonds. The number of carbonyl (C=O) groups excluding carboxylic acids is 2. The third-order valence-corrected chi connectivity index (χ3v) is 4.90. The molecule has 26 heavy (non-hydrogen) atoms. The molecule has 0 saturated heterocycles. The minimum Gasteiger partial charge on any atom is -0.347 e. The largest absolute Gasteiger partial charge is 0.347 e. The zero-order valence-corrected chi connectivity index (χ0v) is 14.7. The van der Waals surface area contributed by atoms with Gasteiger partial charge in [-0.25, -0.2) is 0 Å². The molecule has 1 aliphatic rings. The summed E-state index contributed by atoms with van der Waals surface area (Å²) >= 11 is 0. The van der Waals surface area contributed by atoms with Crippen LogP contribution in [0, 0.1) is 0 Å². The summed E-state index contributed by atoms with van der Waals surface area (Å²) in [5.41, 5.74) is 3.99. The molecule has 4 rings (SSSR count). The first-order valence-electron chi connectivity index (χ1n) is 8.86. The van der Waals surface area contributed by atoms with Crippen molar-refractivity contribution in [1.82, 2.24) is 4.57 Å². The molecule has 0 radical (unpaired) electrons. The van der Waals surface area contributed by atoms with E-state index in [1.54, 1.807) is 11.8 Å². The smallest absolute Gasteiger partial charge is 0.226 e. The number of carbonyl (C=O) groups is 2. The second-order valence-corrected chi connectivity index (χ2v) is 6.63. The lowest BCUT2D eigenvalue weighted by Crippen LogP contribution is -2.25. The highest BCUT2D eigenvalue weighted by Crippen LogP contribution is 2.30. The lowest BCUT2D eigenvalue weighted by molar-refractivity contribution is -0.117. The minimum atomic E-state index is -0.0100. The Morgan fingerprint density at radius 1 is 1.12 bits per heavy atom. The van der Waals surface area contributed by atoms with E-state index in [4.69, 9.17) is 0 Å². The van der Waals surface area contributed by atoms with Crippen molar-refractivity contribution >= 4 is 34.1 Å². The maximum atomic E-state index is 12.3. The van der Waals surface area contributed by atoms with Gasteiger partial charge in [-0.3, -0.25) is 9.59 Å². The fourth-order valence-corrected chi connectivity index (χ4v) is 3.59. The Bertz CT molecular complexity index is 990. The predicted molar refractivity (Wildman–Crippen MR) is 103 cm³/mol. The maximum absolute atomic E-state index is 12.3. The summed E-state index contributed by atoms with van der Waals surface area (Å²) < 4.78 is 2.10. The summed E-state index contributed by atoms with van der Waals surface area (Å²) in [6.07, 6.45) is 3.26. The van der Waals surface area contributed by atoms with Crippen molar-refractivity contribution < 1.29 is 9.59 Å². The van der Waals surface area contributed by atoms with Gasteiger partial charge in [0.25, 0.3) is 0 Å². The molecule has 0 spiro atoms. The Morgan fingerprint density at radius 2 is 1.96 bits per heavy atom. The minimum absolute atomic E-state index is 0.0100. The monoisotopic (exact) mass is 347 g/mol. The molecule has 0 fully saturated rings. The van der Waals surface area contributed by atoms with Crippen molar-refractivity contribution in [2.24, 2.45) is 0 Å². The van der Waals surface area contributed by atoms with Gasteiger partial charge in [0.15, 0.2) is 0 Å². The summed E-state index contributed by atoms with van der Waals surface area (Å²) in [4.78, 5) is 25.7. The fourth-order valence-electron chi connectivity index (χ4n) is 3.59. The lowest BCUT2D eigenvalue weighted by Gasteiger charge is -2.15. The molecule has 1 aromatic heterocycles.